The lowest BCUT2D eigenvalue weighted by atomic mass is 10.2. The molecule has 2 rings (SSSR count). The van der Waals surface area contributed by atoms with Gasteiger partial charge in [-0.05, 0) is 51.1 Å². The van der Waals surface area contributed by atoms with Crippen LogP contribution < -0.4 is 5.32 Å². The van der Waals surface area contributed by atoms with Crippen molar-refractivity contribution < 1.29 is 4.42 Å². The van der Waals surface area contributed by atoms with E-state index >= 15 is 0 Å². The average Bonchev–Trinajstić information content (AvgIpc) is 2.77. The van der Waals surface area contributed by atoms with E-state index in [0.717, 1.165) is 34.2 Å². The second kappa shape index (κ2) is 6.21. The van der Waals surface area contributed by atoms with E-state index in [1.807, 2.05) is 19.1 Å². The van der Waals surface area contributed by atoms with Crippen LogP contribution in [0.25, 0.3) is 11.0 Å². The summed E-state index contributed by atoms with van der Waals surface area (Å²) in [6.45, 7) is 5.13. The van der Waals surface area contributed by atoms with Crippen molar-refractivity contribution in [3.8, 4) is 0 Å². The fraction of sp³-hybridized carbons (Fsp3) is 0.333. The molecule has 1 unspecified atom stereocenters. The highest BCUT2D eigenvalue weighted by Gasteiger charge is 2.10. The van der Waals surface area contributed by atoms with E-state index in [2.05, 4.69) is 52.5 Å². The van der Waals surface area contributed by atoms with Crippen molar-refractivity contribution in [3.63, 3.8) is 0 Å². The third-order valence-corrected chi connectivity index (χ3v) is 3.41. The second-order valence-corrected chi connectivity index (χ2v) is 5.28. The standard InChI is InChI=1S/C15H18BrNO/c1-3-4-5-8-17-11(2)15-10-12-9-13(16)6-7-14(12)18-15/h3-4,6-7,9-11,17H,5,8H2,1-2H3/b4-3+. The van der Waals surface area contributed by atoms with Gasteiger partial charge in [-0.25, -0.2) is 0 Å². The number of hydrogen-bond acceptors (Lipinski definition) is 2. The molecule has 0 fully saturated rings. The predicted octanol–water partition coefficient (Wildman–Crippen LogP) is 4.81. The van der Waals surface area contributed by atoms with Gasteiger partial charge in [0.25, 0.3) is 0 Å². The van der Waals surface area contributed by atoms with Gasteiger partial charge in [-0.1, -0.05) is 28.1 Å². The molecule has 3 heteroatoms. The van der Waals surface area contributed by atoms with E-state index < -0.39 is 0 Å². The van der Waals surface area contributed by atoms with Gasteiger partial charge in [-0.2, -0.15) is 0 Å². The molecule has 2 aromatic rings. The second-order valence-electron chi connectivity index (χ2n) is 4.36. The van der Waals surface area contributed by atoms with Gasteiger partial charge in [0.15, 0.2) is 0 Å². The van der Waals surface area contributed by atoms with Crippen molar-refractivity contribution in [2.45, 2.75) is 26.3 Å². The fourth-order valence-electron chi connectivity index (χ4n) is 1.90. The molecule has 0 spiro atoms. The van der Waals surface area contributed by atoms with Gasteiger partial charge in [0.1, 0.15) is 11.3 Å². The van der Waals surface area contributed by atoms with Crippen molar-refractivity contribution in [1.29, 1.82) is 0 Å². The van der Waals surface area contributed by atoms with Gasteiger partial charge in [-0.15, -0.1) is 0 Å². The number of halogens is 1. The van der Waals surface area contributed by atoms with Crippen LogP contribution in [0.4, 0.5) is 0 Å². The lowest BCUT2D eigenvalue weighted by molar-refractivity contribution is 0.454. The summed E-state index contributed by atoms with van der Waals surface area (Å²) in [6, 6.07) is 8.42. The SMILES string of the molecule is C/C=C/CCNC(C)c1cc2cc(Br)ccc2o1. The zero-order chi connectivity index (χ0) is 13.0. The molecule has 0 saturated heterocycles. The Labute approximate surface area is 116 Å². The molecule has 1 atom stereocenters. The molecular weight excluding hydrogens is 290 g/mol. The summed E-state index contributed by atoms with van der Waals surface area (Å²) in [5.41, 5.74) is 0.940. The molecule has 0 radical (unpaired) electrons. The molecule has 96 valence electrons. The highest BCUT2D eigenvalue weighted by molar-refractivity contribution is 9.10. The van der Waals surface area contributed by atoms with Crippen LogP contribution >= 0.6 is 15.9 Å². The van der Waals surface area contributed by atoms with Crippen LogP contribution in [0.1, 0.15) is 32.1 Å². The Hall–Kier alpha value is -1.06. The maximum absolute atomic E-state index is 5.84. The van der Waals surface area contributed by atoms with Crippen LogP contribution in [-0.2, 0) is 0 Å². The van der Waals surface area contributed by atoms with E-state index in [1.54, 1.807) is 0 Å². The highest BCUT2D eigenvalue weighted by Crippen LogP contribution is 2.26. The third kappa shape index (κ3) is 3.24. The van der Waals surface area contributed by atoms with Crippen LogP contribution in [0.15, 0.2) is 45.3 Å². The monoisotopic (exact) mass is 307 g/mol. The Morgan fingerprint density at radius 1 is 1.39 bits per heavy atom. The molecule has 0 amide bonds. The first-order valence-electron chi connectivity index (χ1n) is 6.24. The summed E-state index contributed by atoms with van der Waals surface area (Å²) in [6.07, 6.45) is 5.28. The smallest absolute Gasteiger partial charge is 0.134 e. The third-order valence-electron chi connectivity index (χ3n) is 2.92. The van der Waals surface area contributed by atoms with E-state index in [4.69, 9.17) is 4.42 Å². The molecule has 1 heterocycles. The molecule has 1 N–H and O–H groups in total. The summed E-state index contributed by atoms with van der Waals surface area (Å²) >= 11 is 3.47. The van der Waals surface area contributed by atoms with Crippen molar-refractivity contribution in [1.82, 2.24) is 5.32 Å². The molecular formula is C15H18BrNO. The largest absolute Gasteiger partial charge is 0.459 e. The van der Waals surface area contributed by atoms with Crippen LogP contribution in [0, 0.1) is 0 Å². The van der Waals surface area contributed by atoms with Crippen molar-refractivity contribution >= 4 is 26.9 Å². The maximum atomic E-state index is 5.84. The number of rotatable bonds is 5. The van der Waals surface area contributed by atoms with Crippen molar-refractivity contribution in [3.05, 3.63) is 46.7 Å². The van der Waals surface area contributed by atoms with E-state index in [9.17, 15) is 0 Å². The zero-order valence-corrected chi connectivity index (χ0v) is 12.3. The first-order valence-corrected chi connectivity index (χ1v) is 7.03. The molecule has 2 nitrogen and oxygen atoms in total. The fourth-order valence-corrected chi connectivity index (χ4v) is 2.28. The number of allylic oxidation sites excluding steroid dienone is 1. The average molecular weight is 308 g/mol. The molecule has 0 aliphatic heterocycles. The van der Waals surface area contributed by atoms with Gasteiger partial charge in [0, 0.05) is 9.86 Å². The van der Waals surface area contributed by atoms with Gasteiger partial charge >= 0.3 is 0 Å². The number of furan rings is 1. The Morgan fingerprint density at radius 2 is 2.22 bits per heavy atom. The summed E-state index contributed by atoms with van der Waals surface area (Å²) in [5, 5.41) is 4.59. The van der Waals surface area contributed by atoms with Gasteiger partial charge in [0.05, 0.1) is 6.04 Å². The molecule has 0 bridgehead atoms. The molecule has 1 aromatic carbocycles. The maximum Gasteiger partial charge on any atom is 0.134 e. The minimum absolute atomic E-state index is 0.237. The molecule has 0 aliphatic carbocycles. The van der Waals surface area contributed by atoms with Crippen molar-refractivity contribution in [2.24, 2.45) is 0 Å². The van der Waals surface area contributed by atoms with E-state index in [-0.39, 0.29) is 6.04 Å². The topological polar surface area (TPSA) is 25.2 Å². The normalized spacial score (nSPS) is 13.5. The summed E-state index contributed by atoms with van der Waals surface area (Å²) < 4.78 is 6.92. The minimum atomic E-state index is 0.237. The van der Waals surface area contributed by atoms with E-state index in [1.165, 1.54) is 0 Å². The van der Waals surface area contributed by atoms with Crippen molar-refractivity contribution in [2.75, 3.05) is 6.54 Å². The number of hydrogen-bond donors (Lipinski definition) is 1. The Morgan fingerprint density at radius 3 is 3.00 bits per heavy atom. The molecule has 0 saturated carbocycles. The van der Waals surface area contributed by atoms with Crippen LogP contribution in [0.3, 0.4) is 0 Å². The quantitative estimate of drug-likeness (QED) is 0.633. The van der Waals surface area contributed by atoms with Crippen LogP contribution in [0.2, 0.25) is 0 Å². The Balaban J connectivity index is 2.05. The summed E-state index contributed by atoms with van der Waals surface area (Å²) in [5.74, 6) is 0.989. The lowest BCUT2D eigenvalue weighted by Crippen LogP contribution is -2.18. The number of fused-ring (bicyclic) bond motifs is 1. The first-order chi connectivity index (χ1) is 8.70. The lowest BCUT2D eigenvalue weighted by Gasteiger charge is -2.09. The summed E-state index contributed by atoms with van der Waals surface area (Å²) in [7, 11) is 0. The van der Waals surface area contributed by atoms with Gasteiger partial charge < -0.3 is 9.73 Å². The minimum Gasteiger partial charge on any atom is -0.459 e. The highest BCUT2D eigenvalue weighted by atomic mass is 79.9. The van der Waals surface area contributed by atoms with Crippen LogP contribution in [0.5, 0.6) is 0 Å². The predicted molar refractivity (Wildman–Crippen MR) is 79.8 cm³/mol. The molecule has 1 aromatic heterocycles. The zero-order valence-electron chi connectivity index (χ0n) is 10.7. The number of nitrogens with one attached hydrogen (secondary N) is 1. The Kier molecular flexibility index (Phi) is 4.61. The van der Waals surface area contributed by atoms with E-state index in [0.29, 0.717) is 0 Å². The van der Waals surface area contributed by atoms with Crippen LogP contribution in [-0.4, -0.2) is 6.54 Å². The molecule has 0 aliphatic rings. The Bertz CT molecular complexity index is 544. The molecule has 18 heavy (non-hydrogen) atoms. The first kappa shape index (κ1) is 13.4. The van der Waals surface area contributed by atoms with Gasteiger partial charge in [0.2, 0.25) is 0 Å². The summed E-state index contributed by atoms with van der Waals surface area (Å²) in [4.78, 5) is 0. The van der Waals surface area contributed by atoms with Gasteiger partial charge in [-0.3, -0.25) is 0 Å². The number of benzene rings is 1.